The van der Waals surface area contributed by atoms with Crippen molar-refractivity contribution in [1.82, 2.24) is 0 Å². The molecular formula is C14H14N2O2S. The minimum atomic E-state index is -3.73. The third-order valence-corrected chi connectivity index (χ3v) is 3.85. The second-order valence-electron chi connectivity index (χ2n) is 4.26. The molecule has 98 valence electrons. The van der Waals surface area contributed by atoms with Gasteiger partial charge in [0.1, 0.15) is 0 Å². The van der Waals surface area contributed by atoms with Crippen LogP contribution in [0.5, 0.6) is 0 Å². The second kappa shape index (κ2) is 5.32. The average Bonchev–Trinajstić information content (AvgIpc) is 2.38. The Labute approximate surface area is 112 Å². The normalized spacial score (nSPS) is 11.9. The maximum absolute atomic E-state index is 12.0. The van der Waals surface area contributed by atoms with Gasteiger partial charge in [-0.3, -0.25) is 0 Å². The lowest BCUT2D eigenvalue weighted by Gasteiger charge is -1.99. The highest BCUT2D eigenvalue weighted by atomic mass is 32.2. The van der Waals surface area contributed by atoms with E-state index >= 15 is 0 Å². The van der Waals surface area contributed by atoms with Crippen LogP contribution in [0.3, 0.4) is 0 Å². The van der Waals surface area contributed by atoms with Gasteiger partial charge in [0.2, 0.25) is 0 Å². The van der Waals surface area contributed by atoms with Crippen LogP contribution in [0.15, 0.2) is 63.1 Å². The van der Waals surface area contributed by atoms with E-state index in [0.29, 0.717) is 5.69 Å². The molecule has 5 heteroatoms. The van der Waals surface area contributed by atoms with E-state index in [2.05, 4.69) is 9.63 Å². The Morgan fingerprint density at radius 3 is 2.16 bits per heavy atom. The lowest BCUT2D eigenvalue weighted by molar-refractivity contribution is 0.595. The summed E-state index contributed by atoms with van der Waals surface area (Å²) in [5.41, 5.74) is 2.43. The van der Waals surface area contributed by atoms with Crippen LogP contribution in [0.1, 0.15) is 11.1 Å². The standard InChI is InChI=1S/C14H14N2O2S/c1-11-7-9-13(10-8-11)19(17,18)16-15-14-6-4-3-5-12(14)2/h3-10H,1-2H3. The molecule has 0 bridgehead atoms. The molecule has 2 aromatic carbocycles. The molecule has 0 N–H and O–H groups in total. The highest BCUT2D eigenvalue weighted by molar-refractivity contribution is 7.90. The first kappa shape index (κ1) is 13.4. The smallest absolute Gasteiger partial charge is 0.198 e. The van der Waals surface area contributed by atoms with Crippen molar-refractivity contribution in [2.45, 2.75) is 18.7 Å². The Morgan fingerprint density at radius 2 is 1.53 bits per heavy atom. The molecule has 2 rings (SSSR count). The number of rotatable bonds is 3. The van der Waals surface area contributed by atoms with Crippen LogP contribution in [-0.2, 0) is 10.0 Å². The van der Waals surface area contributed by atoms with Gasteiger partial charge in [-0.1, -0.05) is 40.4 Å². The minimum absolute atomic E-state index is 0.149. The summed E-state index contributed by atoms with van der Waals surface area (Å²) in [5, 5.41) is 3.81. The van der Waals surface area contributed by atoms with E-state index in [4.69, 9.17) is 0 Å². The third kappa shape index (κ3) is 3.26. The van der Waals surface area contributed by atoms with E-state index < -0.39 is 10.0 Å². The zero-order valence-electron chi connectivity index (χ0n) is 10.7. The number of sulfonamides is 1. The number of hydrogen-bond acceptors (Lipinski definition) is 3. The van der Waals surface area contributed by atoms with Crippen LogP contribution in [-0.4, -0.2) is 8.42 Å². The summed E-state index contributed by atoms with van der Waals surface area (Å²) in [6.45, 7) is 3.75. The van der Waals surface area contributed by atoms with Crippen LogP contribution < -0.4 is 0 Å². The van der Waals surface area contributed by atoms with Gasteiger partial charge in [0, 0.05) is 0 Å². The van der Waals surface area contributed by atoms with Gasteiger partial charge in [-0.2, -0.15) is 8.42 Å². The van der Waals surface area contributed by atoms with E-state index in [0.717, 1.165) is 11.1 Å². The van der Waals surface area contributed by atoms with Gasteiger partial charge in [0.05, 0.1) is 10.6 Å². The fourth-order valence-electron chi connectivity index (χ4n) is 1.53. The predicted molar refractivity (Wildman–Crippen MR) is 74.1 cm³/mol. The summed E-state index contributed by atoms with van der Waals surface area (Å²) >= 11 is 0. The molecule has 0 saturated heterocycles. The molecule has 2 aromatic rings. The van der Waals surface area contributed by atoms with Gasteiger partial charge in [-0.15, -0.1) is 5.11 Å². The molecule has 0 fully saturated rings. The van der Waals surface area contributed by atoms with Gasteiger partial charge in [-0.05, 0) is 37.6 Å². The fraction of sp³-hybridized carbons (Fsp3) is 0.143. The van der Waals surface area contributed by atoms with Crippen molar-refractivity contribution in [2.75, 3.05) is 0 Å². The lowest BCUT2D eigenvalue weighted by atomic mass is 10.2. The molecule has 0 amide bonds. The van der Waals surface area contributed by atoms with Crippen LogP contribution in [0.25, 0.3) is 0 Å². The Morgan fingerprint density at radius 1 is 0.895 bits per heavy atom. The summed E-state index contributed by atoms with van der Waals surface area (Å²) in [6.07, 6.45) is 0. The predicted octanol–water partition coefficient (Wildman–Crippen LogP) is 3.78. The number of nitrogens with zero attached hydrogens (tertiary/aromatic N) is 2. The topological polar surface area (TPSA) is 58.9 Å². The summed E-state index contributed by atoms with van der Waals surface area (Å²) < 4.78 is 27.4. The van der Waals surface area contributed by atoms with Crippen molar-refractivity contribution in [3.05, 3.63) is 59.7 Å². The monoisotopic (exact) mass is 274 g/mol. The summed E-state index contributed by atoms with van der Waals surface area (Å²) in [7, 11) is -3.73. The SMILES string of the molecule is Cc1ccc(S(=O)(=O)N=Nc2ccccc2C)cc1. The second-order valence-corrected chi connectivity index (χ2v) is 5.84. The van der Waals surface area contributed by atoms with Gasteiger partial charge in [0.15, 0.2) is 0 Å². The van der Waals surface area contributed by atoms with E-state index in [1.54, 1.807) is 24.3 Å². The highest BCUT2D eigenvalue weighted by Crippen LogP contribution is 2.20. The minimum Gasteiger partial charge on any atom is -0.198 e. The number of hydrogen-bond donors (Lipinski definition) is 0. The lowest BCUT2D eigenvalue weighted by Crippen LogP contribution is -1.95. The Hall–Kier alpha value is -2.01. The fourth-order valence-corrected chi connectivity index (χ4v) is 2.30. The van der Waals surface area contributed by atoms with Crippen LogP contribution in [0, 0.1) is 13.8 Å². The van der Waals surface area contributed by atoms with Crippen LogP contribution >= 0.6 is 0 Å². The molecule has 0 aliphatic heterocycles. The first-order chi connectivity index (χ1) is 8.99. The summed E-state index contributed by atoms with van der Waals surface area (Å²) in [6, 6.07) is 13.8. The molecular weight excluding hydrogens is 260 g/mol. The number of aryl methyl sites for hydroxylation is 2. The first-order valence-corrected chi connectivity index (χ1v) is 7.23. The Kier molecular flexibility index (Phi) is 3.76. The molecule has 0 unspecified atom stereocenters. The van der Waals surface area contributed by atoms with E-state index in [-0.39, 0.29) is 4.90 Å². The van der Waals surface area contributed by atoms with Crippen molar-refractivity contribution >= 4 is 15.7 Å². The molecule has 0 heterocycles. The summed E-state index contributed by atoms with van der Waals surface area (Å²) in [4.78, 5) is 0.149. The largest absolute Gasteiger partial charge is 0.299 e. The zero-order chi connectivity index (χ0) is 13.9. The highest BCUT2D eigenvalue weighted by Gasteiger charge is 2.12. The molecule has 4 nitrogen and oxygen atoms in total. The van der Waals surface area contributed by atoms with Crippen LogP contribution in [0.4, 0.5) is 5.69 Å². The Bertz CT molecular complexity index is 704. The molecule has 0 atom stereocenters. The average molecular weight is 274 g/mol. The number of benzene rings is 2. The summed E-state index contributed by atoms with van der Waals surface area (Å²) in [5.74, 6) is 0. The maximum Gasteiger partial charge on any atom is 0.299 e. The van der Waals surface area contributed by atoms with Gasteiger partial charge >= 0.3 is 0 Å². The van der Waals surface area contributed by atoms with E-state index in [1.807, 2.05) is 26.0 Å². The van der Waals surface area contributed by atoms with Gasteiger partial charge in [-0.25, -0.2) is 0 Å². The van der Waals surface area contributed by atoms with Crippen molar-refractivity contribution < 1.29 is 8.42 Å². The maximum atomic E-state index is 12.0. The molecule has 0 aliphatic rings. The van der Waals surface area contributed by atoms with E-state index in [9.17, 15) is 8.42 Å². The molecule has 0 saturated carbocycles. The molecule has 19 heavy (non-hydrogen) atoms. The van der Waals surface area contributed by atoms with Gasteiger partial charge in [0.25, 0.3) is 10.0 Å². The van der Waals surface area contributed by atoms with Crippen molar-refractivity contribution in [2.24, 2.45) is 9.63 Å². The van der Waals surface area contributed by atoms with Crippen molar-refractivity contribution in [1.29, 1.82) is 0 Å². The first-order valence-electron chi connectivity index (χ1n) is 5.79. The van der Waals surface area contributed by atoms with Gasteiger partial charge < -0.3 is 0 Å². The van der Waals surface area contributed by atoms with Crippen molar-refractivity contribution in [3.63, 3.8) is 0 Å². The van der Waals surface area contributed by atoms with E-state index in [1.165, 1.54) is 12.1 Å². The Balaban J connectivity index is 2.32. The zero-order valence-corrected chi connectivity index (χ0v) is 11.6. The molecule has 0 aromatic heterocycles. The van der Waals surface area contributed by atoms with Crippen LogP contribution in [0.2, 0.25) is 0 Å². The molecule has 0 radical (unpaired) electrons. The van der Waals surface area contributed by atoms with Crippen molar-refractivity contribution in [3.8, 4) is 0 Å². The quantitative estimate of drug-likeness (QED) is 0.800. The molecule has 0 spiro atoms. The molecule has 0 aliphatic carbocycles. The third-order valence-electron chi connectivity index (χ3n) is 2.69.